The minimum absolute atomic E-state index is 0.190. The molecular formula is C13H17FN2O2S2. The number of benzene rings is 1. The first-order valence-corrected chi connectivity index (χ1v) is 8.89. The number of hydrogen-bond donors (Lipinski definition) is 0. The molecule has 0 saturated carbocycles. The lowest BCUT2D eigenvalue weighted by Gasteiger charge is -2.26. The SMILES string of the molecule is CCC(CSC)N(C)S(=O)(=O)c1cccc(F)c1C#N. The molecular weight excluding hydrogens is 299 g/mol. The monoisotopic (exact) mass is 316 g/mol. The van der Waals surface area contributed by atoms with Crippen molar-refractivity contribution in [3.05, 3.63) is 29.6 Å². The summed E-state index contributed by atoms with van der Waals surface area (Å²) in [4.78, 5) is -0.276. The summed E-state index contributed by atoms with van der Waals surface area (Å²) in [5.74, 6) is -0.177. The number of nitriles is 1. The van der Waals surface area contributed by atoms with Crippen molar-refractivity contribution in [1.82, 2.24) is 4.31 Å². The largest absolute Gasteiger partial charge is 0.244 e. The molecule has 7 heteroatoms. The van der Waals surface area contributed by atoms with Gasteiger partial charge in [0.15, 0.2) is 0 Å². The predicted molar refractivity (Wildman–Crippen MR) is 78.5 cm³/mol. The Morgan fingerprint density at radius 3 is 2.65 bits per heavy atom. The van der Waals surface area contributed by atoms with Crippen LogP contribution in [0.3, 0.4) is 0 Å². The van der Waals surface area contributed by atoms with E-state index < -0.39 is 21.4 Å². The van der Waals surface area contributed by atoms with Crippen LogP contribution in [0, 0.1) is 17.1 Å². The van der Waals surface area contributed by atoms with E-state index in [1.165, 1.54) is 23.5 Å². The van der Waals surface area contributed by atoms with Crippen LogP contribution in [-0.4, -0.2) is 37.8 Å². The fraction of sp³-hybridized carbons (Fsp3) is 0.462. The second-order valence-electron chi connectivity index (χ2n) is 4.26. The molecule has 1 aromatic carbocycles. The third-order valence-corrected chi connectivity index (χ3v) is 5.76. The van der Waals surface area contributed by atoms with Gasteiger partial charge in [0, 0.05) is 18.8 Å². The van der Waals surface area contributed by atoms with Crippen molar-refractivity contribution in [2.45, 2.75) is 24.3 Å². The molecule has 1 atom stereocenters. The maximum atomic E-state index is 13.6. The average Bonchev–Trinajstić information content (AvgIpc) is 2.43. The normalized spacial score (nSPS) is 13.2. The molecule has 0 N–H and O–H groups in total. The molecule has 0 aliphatic rings. The Kier molecular flexibility index (Phi) is 5.99. The summed E-state index contributed by atoms with van der Waals surface area (Å²) < 4.78 is 39.9. The zero-order valence-corrected chi connectivity index (χ0v) is 13.3. The molecule has 0 radical (unpaired) electrons. The van der Waals surface area contributed by atoms with Crippen molar-refractivity contribution in [1.29, 1.82) is 5.26 Å². The van der Waals surface area contributed by atoms with Crippen molar-refractivity contribution >= 4 is 21.8 Å². The van der Waals surface area contributed by atoms with E-state index in [1.807, 2.05) is 13.2 Å². The first kappa shape index (κ1) is 17.0. The van der Waals surface area contributed by atoms with Crippen LogP contribution in [0.2, 0.25) is 0 Å². The highest BCUT2D eigenvalue weighted by Gasteiger charge is 2.29. The number of hydrogen-bond acceptors (Lipinski definition) is 4. The van der Waals surface area contributed by atoms with Gasteiger partial charge in [-0.05, 0) is 24.8 Å². The molecule has 0 bridgehead atoms. The Balaban J connectivity index is 3.31. The van der Waals surface area contributed by atoms with E-state index in [1.54, 1.807) is 17.8 Å². The van der Waals surface area contributed by atoms with Gasteiger partial charge in [0.2, 0.25) is 10.0 Å². The lowest BCUT2D eigenvalue weighted by Crippen LogP contribution is -2.38. The van der Waals surface area contributed by atoms with Gasteiger partial charge in [-0.2, -0.15) is 21.3 Å². The molecule has 0 fully saturated rings. The molecule has 1 aromatic rings. The van der Waals surface area contributed by atoms with Gasteiger partial charge in [0.25, 0.3) is 0 Å². The molecule has 4 nitrogen and oxygen atoms in total. The number of halogens is 1. The fourth-order valence-electron chi connectivity index (χ4n) is 1.85. The lowest BCUT2D eigenvalue weighted by atomic mass is 10.2. The highest BCUT2D eigenvalue weighted by molar-refractivity contribution is 7.98. The van der Waals surface area contributed by atoms with Crippen molar-refractivity contribution in [2.75, 3.05) is 19.1 Å². The molecule has 1 rings (SSSR count). The molecule has 0 amide bonds. The van der Waals surface area contributed by atoms with Gasteiger partial charge in [-0.15, -0.1) is 0 Å². The third-order valence-electron chi connectivity index (χ3n) is 3.09. The van der Waals surface area contributed by atoms with Gasteiger partial charge in [-0.1, -0.05) is 13.0 Å². The molecule has 110 valence electrons. The molecule has 20 heavy (non-hydrogen) atoms. The second-order valence-corrected chi connectivity index (χ2v) is 7.14. The zero-order valence-electron chi connectivity index (χ0n) is 11.6. The van der Waals surface area contributed by atoms with Crippen LogP contribution in [-0.2, 0) is 10.0 Å². The van der Waals surface area contributed by atoms with Crippen LogP contribution in [0.25, 0.3) is 0 Å². The van der Waals surface area contributed by atoms with Crippen molar-refractivity contribution in [2.24, 2.45) is 0 Å². The molecule has 0 aliphatic carbocycles. The van der Waals surface area contributed by atoms with Crippen LogP contribution < -0.4 is 0 Å². The number of thioether (sulfide) groups is 1. The zero-order chi connectivity index (χ0) is 15.3. The van der Waals surface area contributed by atoms with E-state index in [0.29, 0.717) is 12.2 Å². The Labute approximate surface area is 123 Å². The maximum absolute atomic E-state index is 13.6. The molecule has 0 spiro atoms. The molecule has 0 saturated heterocycles. The van der Waals surface area contributed by atoms with Crippen LogP contribution >= 0.6 is 11.8 Å². The Morgan fingerprint density at radius 1 is 1.50 bits per heavy atom. The average molecular weight is 316 g/mol. The van der Waals surface area contributed by atoms with Gasteiger partial charge in [-0.25, -0.2) is 12.8 Å². The van der Waals surface area contributed by atoms with Gasteiger partial charge in [-0.3, -0.25) is 0 Å². The molecule has 0 aliphatic heterocycles. The summed E-state index contributed by atoms with van der Waals surface area (Å²) in [6.07, 6.45) is 2.54. The van der Waals surface area contributed by atoms with Crippen LogP contribution in [0.5, 0.6) is 0 Å². The van der Waals surface area contributed by atoms with E-state index in [4.69, 9.17) is 5.26 Å². The van der Waals surface area contributed by atoms with E-state index in [2.05, 4.69) is 0 Å². The van der Waals surface area contributed by atoms with Crippen molar-refractivity contribution < 1.29 is 12.8 Å². The smallest absolute Gasteiger partial charge is 0.207 e. The van der Waals surface area contributed by atoms with Crippen molar-refractivity contribution in [3.63, 3.8) is 0 Å². The van der Waals surface area contributed by atoms with E-state index in [-0.39, 0.29) is 10.9 Å². The fourth-order valence-corrected chi connectivity index (χ4v) is 4.37. The quantitative estimate of drug-likeness (QED) is 0.809. The summed E-state index contributed by atoms with van der Waals surface area (Å²) in [6, 6.07) is 5.08. The standard InChI is InChI=1S/C13H17FN2O2S2/c1-4-10(9-19-3)16(2)20(17,18)13-7-5-6-12(14)11(13)8-15/h5-7,10H,4,9H2,1-3H3. The molecule has 0 aromatic heterocycles. The first-order chi connectivity index (χ1) is 9.39. The van der Waals surface area contributed by atoms with Crippen LogP contribution in [0.1, 0.15) is 18.9 Å². The van der Waals surface area contributed by atoms with Crippen molar-refractivity contribution in [3.8, 4) is 6.07 Å². The highest BCUT2D eigenvalue weighted by atomic mass is 32.2. The third kappa shape index (κ3) is 3.32. The summed E-state index contributed by atoms with van der Waals surface area (Å²) in [7, 11) is -2.42. The van der Waals surface area contributed by atoms with E-state index in [0.717, 1.165) is 6.07 Å². The summed E-state index contributed by atoms with van der Waals surface area (Å²) in [5, 5.41) is 8.97. The topological polar surface area (TPSA) is 61.2 Å². The minimum Gasteiger partial charge on any atom is -0.207 e. The van der Waals surface area contributed by atoms with Crippen LogP contribution in [0.4, 0.5) is 4.39 Å². The maximum Gasteiger partial charge on any atom is 0.244 e. The number of nitrogens with zero attached hydrogens (tertiary/aromatic N) is 2. The van der Waals surface area contributed by atoms with E-state index in [9.17, 15) is 12.8 Å². The summed E-state index contributed by atoms with van der Waals surface area (Å²) in [5.41, 5.74) is -0.432. The number of sulfonamides is 1. The van der Waals surface area contributed by atoms with Gasteiger partial charge >= 0.3 is 0 Å². The Bertz CT molecular complexity index is 611. The molecule has 0 heterocycles. The Hall–Kier alpha value is -1.10. The van der Waals surface area contributed by atoms with Gasteiger partial charge in [0.1, 0.15) is 22.3 Å². The van der Waals surface area contributed by atoms with Crippen LogP contribution in [0.15, 0.2) is 23.1 Å². The minimum atomic E-state index is -3.88. The molecule has 1 unspecified atom stereocenters. The predicted octanol–water partition coefficient (Wildman–Crippen LogP) is 2.46. The number of rotatable bonds is 6. The Morgan fingerprint density at radius 2 is 2.15 bits per heavy atom. The highest BCUT2D eigenvalue weighted by Crippen LogP contribution is 2.24. The first-order valence-electron chi connectivity index (χ1n) is 6.05. The van der Waals surface area contributed by atoms with E-state index >= 15 is 0 Å². The summed E-state index contributed by atoms with van der Waals surface area (Å²) >= 11 is 1.54. The summed E-state index contributed by atoms with van der Waals surface area (Å²) in [6.45, 7) is 1.89. The lowest BCUT2D eigenvalue weighted by molar-refractivity contribution is 0.385. The van der Waals surface area contributed by atoms with Gasteiger partial charge in [0.05, 0.1) is 0 Å². The second kappa shape index (κ2) is 7.07. The van der Waals surface area contributed by atoms with Gasteiger partial charge < -0.3 is 0 Å².